The molecule has 2 aromatic rings. The second-order valence-electron chi connectivity index (χ2n) is 15.0. The van der Waals surface area contributed by atoms with Gasteiger partial charge >= 0.3 is 12.2 Å². The van der Waals surface area contributed by atoms with Crippen molar-refractivity contribution in [3.05, 3.63) is 70.3 Å². The Kier molecular flexibility index (Phi) is 9.85. The summed E-state index contributed by atoms with van der Waals surface area (Å²) < 4.78 is 72.6. The van der Waals surface area contributed by atoms with E-state index < -0.39 is 40.0 Å². The summed E-state index contributed by atoms with van der Waals surface area (Å²) in [6, 6.07) is 8.97. The number of fused-ring (bicyclic) bond motifs is 4. The van der Waals surface area contributed by atoms with Crippen LogP contribution in [0.5, 0.6) is 5.75 Å². The number of anilines is 1. The molecule has 0 radical (unpaired) electrons. The van der Waals surface area contributed by atoms with Gasteiger partial charge < -0.3 is 19.7 Å². The second-order valence-corrected chi connectivity index (χ2v) is 17.5. The summed E-state index contributed by atoms with van der Waals surface area (Å²) in [5.74, 6) is -1.71. The van der Waals surface area contributed by atoms with Crippen molar-refractivity contribution in [2.75, 3.05) is 37.5 Å². The van der Waals surface area contributed by atoms with Crippen molar-refractivity contribution in [2.24, 2.45) is 28.0 Å². The molecule has 7 rings (SSSR count). The standard InChI is InChI=1S/C37H44ClF3N4O5S/c1-22-5-3-7-32(49-2)27-11-8-25(27)18-45-20-36(14-4-6-23-15-26(38)10-12-28(23)36)21-50-33-13-9-24(16-31(33)45)34(46)43-51(48,19-22)44-35(47)42-30-17-29(30)37(39,40)41/h3,7,9-10,12-13,15-16,22,25,27,29-30,32H,4-6,8,11,14,17-21H2,1-2H3,(H2,42,43,44,46,47,48)/b7-3-/t22-,25-,27+,29-,30-,32-,36-,51?/m0/s1. The zero-order chi connectivity index (χ0) is 36.1. The molecule has 3 amide bonds. The van der Waals surface area contributed by atoms with Crippen LogP contribution in [0.2, 0.25) is 5.02 Å². The predicted octanol–water partition coefficient (Wildman–Crippen LogP) is 7.22. The van der Waals surface area contributed by atoms with Gasteiger partial charge in [-0.3, -0.25) is 9.52 Å². The first-order valence-electron chi connectivity index (χ1n) is 17.7. The van der Waals surface area contributed by atoms with Crippen LogP contribution in [0.4, 0.5) is 23.7 Å². The van der Waals surface area contributed by atoms with E-state index in [0.29, 0.717) is 42.8 Å². The Balaban J connectivity index is 1.25. The highest BCUT2D eigenvalue weighted by Crippen LogP contribution is 2.47. The van der Waals surface area contributed by atoms with E-state index in [1.807, 2.05) is 31.2 Å². The Morgan fingerprint density at radius 3 is 2.75 bits per heavy atom. The van der Waals surface area contributed by atoms with Gasteiger partial charge in [-0.05, 0) is 104 Å². The number of hydrogen-bond donors (Lipinski definition) is 2. The predicted molar refractivity (Wildman–Crippen MR) is 190 cm³/mol. The van der Waals surface area contributed by atoms with Crippen molar-refractivity contribution < 1.29 is 36.4 Å². The molecule has 276 valence electrons. The average molecular weight is 749 g/mol. The molecule has 9 nitrogen and oxygen atoms in total. The van der Waals surface area contributed by atoms with Gasteiger partial charge in [-0.25, -0.2) is 9.00 Å². The number of amides is 3. The largest absolute Gasteiger partial charge is 0.490 e. The number of carbonyl (C=O) groups excluding carboxylic acids is 2. The molecule has 2 bridgehead atoms. The van der Waals surface area contributed by atoms with E-state index in [9.17, 15) is 27.0 Å². The Morgan fingerprint density at radius 2 is 2.02 bits per heavy atom. The normalized spacial score (nSPS) is 34.1. The molecular weight excluding hydrogens is 705 g/mol. The fourth-order valence-corrected chi connectivity index (χ4v) is 10.5. The summed E-state index contributed by atoms with van der Waals surface area (Å²) in [7, 11) is -2.05. The number of nitrogens with zero attached hydrogens (tertiary/aromatic N) is 2. The molecule has 2 heterocycles. The molecule has 0 saturated heterocycles. The third-order valence-corrected chi connectivity index (χ3v) is 13.5. The van der Waals surface area contributed by atoms with E-state index in [2.05, 4.69) is 25.4 Å². The van der Waals surface area contributed by atoms with Gasteiger partial charge in [-0.1, -0.05) is 36.7 Å². The van der Waals surface area contributed by atoms with Gasteiger partial charge in [-0.15, -0.1) is 4.36 Å². The van der Waals surface area contributed by atoms with Crippen LogP contribution in [0.15, 0.2) is 52.9 Å². The number of benzene rings is 2. The number of nitrogens with one attached hydrogen (secondary N) is 2. The summed E-state index contributed by atoms with van der Waals surface area (Å²) >= 11 is 6.42. The van der Waals surface area contributed by atoms with Crippen LogP contribution in [0, 0.1) is 23.7 Å². The maximum atomic E-state index is 14.3. The highest BCUT2D eigenvalue weighted by molar-refractivity contribution is 7.92. The maximum Gasteiger partial charge on any atom is 0.393 e. The van der Waals surface area contributed by atoms with Gasteiger partial charge in [0.1, 0.15) is 15.7 Å². The zero-order valence-corrected chi connectivity index (χ0v) is 30.3. The van der Waals surface area contributed by atoms with Gasteiger partial charge in [0, 0.05) is 42.2 Å². The van der Waals surface area contributed by atoms with Crippen LogP contribution in [-0.4, -0.2) is 67.0 Å². The first-order valence-corrected chi connectivity index (χ1v) is 19.8. The quantitative estimate of drug-likeness (QED) is 0.321. The van der Waals surface area contributed by atoms with Crippen LogP contribution >= 0.6 is 11.6 Å². The summed E-state index contributed by atoms with van der Waals surface area (Å²) in [6.07, 6.45) is 4.52. The minimum atomic E-state index is -4.45. The summed E-state index contributed by atoms with van der Waals surface area (Å²) in [5, 5.41) is 2.96. The van der Waals surface area contributed by atoms with Crippen LogP contribution in [0.3, 0.4) is 0 Å². The number of aryl methyl sites for hydroxylation is 1. The molecule has 1 spiro atoms. The van der Waals surface area contributed by atoms with E-state index >= 15 is 0 Å². The van der Waals surface area contributed by atoms with Crippen LogP contribution < -0.4 is 19.7 Å². The van der Waals surface area contributed by atoms with E-state index in [0.717, 1.165) is 37.8 Å². The molecular formula is C37H44ClF3N4O5S. The molecule has 5 aliphatic rings. The van der Waals surface area contributed by atoms with Crippen LogP contribution in [0.25, 0.3) is 0 Å². The molecule has 14 heteroatoms. The maximum absolute atomic E-state index is 14.3. The Labute approximate surface area is 302 Å². The lowest BCUT2D eigenvalue weighted by Gasteiger charge is -2.46. The monoisotopic (exact) mass is 748 g/mol. The molecule has 2 aliphatic heterocycles. The van der Waals surface area contributed by atoms with E-state index in [1.54, 1.807) is 25.3 Å². The molecule has 3 aliphatic carbocycles. The number of methoxy groups -OCH3 is 1. The number of allylic oxidation sites excluding steroid dienone is 1. The summed E-state index contributed by atoms with van der Waals surface area (Å²) in [5.41, 5.74) is 3.02. The molecule has 2 aromatic carbocycles. The molecule has 0 aromatic heterocycles. The first kappa shape index (κ1) is 36.1. The van der Waals surface area contributed by atoms with Gasteiger partial charge in [-0.2, -0.15) is 13.2 Å². The zero-order valence-electron chi connectivity index (χ0n) is 28.7. The molecule has 8 atom stereocenters. The minimum Gasteiger partial charge on any atom is -0.490 e. The fourth-order valence-electron chi connectivity index (χ4n) is 8.43. The lowest BCUT2D eigenvalue weighted by atomic mass is 9.68. The molecule has 2 N–H and O–H groups in total. The third kappa shape index (κ3) is 7.62. The number of alkyl halides is 3. The second kappa shape index (κ2) is 13.9. The van der Waals surface area contributed by atoms with Crippen molar-refractivity contribution in [3.8, 4) is 5.75 Å². The highest BCUT2D eigenvalue weighted by Gasteiger charge is 2.56. The Morgan fingerprint density at radius 1 is 1.20 bits per heavy atom. The number of urea groups is 1. The average Bonchev–Trinajstić information content (AvgIpc) is 3.85. The van der Waals surface area contributed by atoms with Gasteiger partial charge in [0.2, 0.25) is 0 Å². The Bertz CT molecular complexity index is 1850. The van der Waals surface area contributed by atoms with Crippen molar-refractivity contribution in [2.45, 2.75) is 75.6 Å². The lowest BCUT2D eigenvalue weighted by Crippen LogP contribution is -2.49. The van der Waals surface area contributed by atoms with Gasteiger partial charge in [0.25, 0.3) is 5.91 Å². The summed E-state index contributed by atoms with van der Waals surface area (Å²) in [6.45, 7) is 3.63. The van der Waals surface area contributed by atoms with Crippen LogP contribution in [-0.2, 0) is 26.5 Å². The van der Waals surface area contributed by atoms with Gasteiger partial charge in [0.15, 0.2) is 0 Å². The van der Waals surface area contributed by atoms with Crippen molar-refractivity contribution in [1.82, 2.24) is 10.0 Å². The number of ether oxygens (including phenoxy) is 2. The lowest BCUT2D eigenvalue weighted by molar-refractivity contribution is -0.148. The fraction of sp³-hybridized carbons (Fsp3) is 0.568. The number of carbonyl (C=O) groups is 2. The molecule has 1 unspecified atom stereocenters. The van der Waals surface area contributed by atoms with Crippen molar-refractivity contribution >= 4 is 39.1 Å². The highest BCUT2D eigenvalue weighted by atomic mass is 35.5. The topological polar surface area (TPSA) is 109 Å². The third-order valence-electron chi connectivity index (χ3n) is 11.3. The number of rotatable bonds is 3. The summed E-state index contributed by atoms with van der Waals surface area (Å²) in [4.78, 5) is 29.0. The van der Waals surface area contributed by atoms with Crippen LogP contribution in [0.1, 0.15) is 66.9 Å². The van der Waals surface area contributed by atoms with Crippen molar-refractivity contribution in [1.29, 1.82) is 0 Å². The molecule has 2 saturated carbocycles. The smallest absolute Gasteiger partial charge is 0.393 e. The van der Waals surface area contributed by atoms with E-state index in [4.69, 9.17) is 21.1 Å². The van der Waals surface area contributed by atoms with Crippen molar-refractivity contribution in [3.63, 3.8) is 0 Å². The van der Waals surface area contributed by atoms with Gasteiger partial charge in [0.05, 0.1) is 30.1 Å². The molecule has 51 heavy (non-hydrogen) atoms. The Hall–Kier alpha value is -3.29. The first-order chi connectivity index (χ1) is 24.3. The number of halogens is 4. The number of hydrogen-bond acceptors (Lipinski definition) is 6. The van der Waals surface area contributed by atoms with E-state index in [1.165, 1.54) is 11.1 Å². The SMILES string of the molecule is CO[C@H]1/C=C\C[C@H](C)CS(=O)(NC(=O)N[C@H]2C[C@@H]2C(F)(F)F)=NC(=O)c2ccc3c(c2)N(C[C@@H]2CC[C@H]21)C[C@@]1(CCCc2cc(Cl)ccc21)CO3. The molecule has 2 fully saturated rings. The van der Waals surface area contributed by atoms with E-state index in [-0.39, 0.29) is 41.1 Å². The minimum absolute atomic E-state index is 0.135.